The predicted octanol–water partition coefficient (Wildman–Crippen LogP) is 0.359. The Kier molecular flexibility index (Phi) is 6.59. The molecule has 9 N–H and O–H groups in total. The molecule has 0 radical (unpaired) electrons. The molecule has 1 fully saturated rings. The van der Waals surface area contributed by atoms with Gasteiger partial charge in [-0.1, -0.05) is 12.1 Å². The van der Waals surface area contributed by atoms with Crippen molar-refractivity contribution in [3.63, 3.8) is 0 Å². The number of nitrogens with zero attached hydrogens (tertiary/aromatic N) is 3. The van der Waals surface area contributed by atoms with Crippen LogP contribution in [0.5, 0.6) is 0 Å². The number of aromatic amines is 1. The summed E-state index contributed by atoms with van der Waals surface area (Å²) in [6.45, 7) is 3.63. The van der Waals surface area contributed by atoms with Crippen molar-refractivity contribution in [2.45, 2.75) is 25.3 Å². The van der Waals surface area contributed by atoms with E-state index in [4.69, 9.17) is 22.3 Å². The van der Waals surface area contributed by atoms with Crippen molar-refractivity contribution in [1.82, 2.24) is 30.1 Å². The van der Waals surface area contributed by atoms with E-state index < -0.39 is 0 Å². The van der Waals surface area contributed by atoms with Crippen molar-refractivity contribution in [2.75, 3.05) is 26.2 Å². The average Bonchev–Trinajstić information content (AvgIpc) is 3.43. The lowest BCUT2D eigenvalue weighted by Gasteiger charge is -2.14. The lowest BCUT2D eigenvalue weighted by Crippen LogP contribution is -2.34. The Morgan fingerprint density at radius 3 is 2.70 bits per heavy atom. The summed E-state index contributed by atoms with van der Waals surface area (Å²) in [4.78, 5) is 22.0. The van der Waals surface area contributed by atoms with E-state index in [2.05, 4.69) is 20.6 Å². The van der Waals surface area contributed by atoms with Crippen LogP contribution in [-0.4, -0.2) is 57.5 Å². The Balaban J connectivity index is 1.41. The molecule has 4 rings (SSSR count). The molecule has 2 aromatic heterocycles. The van der Waals surface area contributed by atoms with Crippen LogP contribution in [0, 0.1) is 10.8 Å². The maximum Gasteiger partial charge on any atom is 0.354 e. The number of benzene rings is 1. The van der Waals surface area contributed by atoms with Crippen LogP contribution >= 0.6 is 0 Å². The first-order valence-corrected chi connectivity index (χ1v) is 11.0. The molecule has 0 spiro atoms. The lowest BCUT2D eigenvalue weighted by atomic mass is 10.1. The normalized spacial score (nSPS) is 15.8. The second-order valence-corrected chi connectivity index (χ2v) is 8.28. The lowest BCUT2D eigenvalue weighted by molar-refractivity contribution is 0.500. The zero-order chi connectivity index (χ0) is 23.4. The number of likely N-dealkylation sites (tertiary alicyclic amines) is 1. The Labute approximate surface area is 191 Å². The number of H-pyrrole nitrogens is 1. The van der Waals surface area contributed by atoms with Gasteiger partial charge in [0.2, 0.25) is 0 Å². The molecule has 0 aliphatic carbocycles. The summed E-state index contributed by atoms with van der Waals surface area (Å²) in [7, 11) is 0. The zero-order valence-electron chi connectivity index (χ0n) is 18.4. The molecule has 1 aromatic carbocycles. The highest BCUT2D eigenvalue weighted by Crippen LogP contribution is 2.28. The zero-order valence-corrected chi connectivity index (χ0v) is 18.4. The van der Waals surface area contributed by atoms with Crippen molar-refractivity contribution in [2.24, 2.45) is 11.5 Å². The standard InChI is InChI=1S/C22H30N10O/c23-20(24)28-8-1-7-27-11-14-2-4-17(5-3-14)32-13-16-10-18(29-19(16)30-22(32)33)15-6-9-31(12-15)21(25)26/h2-5,10,13,15,27H,1,6-9,11-12H2,(H3,25,26)(H4,23,24,28)(H,29,30,33). The average molecular weight is 451 g/mol. The van der Waals surface area contributed by atoms with E-state index in [1.165, 1.54) is 0 Å². The summed E-state index contributed by atoms with van der Waals surface area (Å²) in [6.07, 6.45) is 3.59. The summed E-state index contributed by atoms with van der Waals surface area (Å²) in [5.74, 6) is 0.314. The van der Waals surface area contributed by atoms with Crippen molar-refractivity contribution < 1.29 is 0 Å². The van der Waals surface area contributed by atoms with E-state index >= 15 is 0 Å². The van der Waals surface area contributed by atoms with Gasteiger partial charge in [0.05, 0.1) is 5.69 Å². The first kappa shape index (κ1) is 22.3. The van der Waals surface area contributed by atoms with Crippen molar-refractivity contribution in [1.29, 1.82) is 10.8 Å². The SMILES string of the molecule is N=C(N)NCCCNCc1ccc(-n2cc3cc(C4CCN(C(=N)N)C4)[nH]c3nc2=O)cc1. The minimum atomic E-state index is -0.337. The first-order chi connectivity index (χ1) is 15.9. The molecule has 174 valence electrons. The third-order valence-electron chi connectivity index (χ3n) is 5.89. The summed E-state index contributed by atoms with van der Waals surface area (Å²) in [5.41, 5.74) is 14.0. The van der Waals surface area contributed by atoms with Gasteiger partial charge in [0.1, 0.15) is 5.65 Å². The van der Waals surface area contributed by atoms with Gasteiger partial charge >= 0.3 is 5.69 Å². The summed E-state index contributed by atoms with van der Waals surface area (Å²) >= 11 is 0. The molecule has 0 bridgehead atoms. The minimum absolute atomic E-state index is 0.0115. The maximum atomic E-state index is 12.6. The number of rotatable bonds is 8. The van der Waals surface area contributed by atoms with Crippen LogP contribution in [0.1, 0.15) is 30.0 Å². The van der Waals surface area contributed by atoms with Crippen LogP contribution in [0.25, 0.3) is 16.7 Å². The second kappa shape index (κ2) is 9.74. The second-order valence-electron chi connectivity index (χ2n) is 8.28. The van der Waals surface area contributed by atoms with Crippen molar-refractivity contribution >= 4 is 23.0 Å². The summed E-state index contributed by atoms with van der Waals surface area (Å²) < 4.78 is 1.56. The van der Waals surface area contributed by atoms with Gasteiger partial charge in [-0.05, 0) is 43.1 Å². The number of nitrogens with two attached hydrogens (primary N) is 2. The number of guanidine groups is 2. The Hall–Kier alpha value is -3.86. The number of hydrogen-bond donors (Lipinski definition) is 7. The van der Waals surface area contributed by atoms with Crippen LogP contribution in [0.3, 0.4) is 0 Å². The molecule has 11 nitrogen and oxygen atoms in total. The third-order valence-corrected chi connectivity index (χ3v) is 5.89. The Morgan fingerprint density at radius 1 is 1.21 bits per heavy atom. The molecule has 11 heteroatoms. The first-order valence-electron chi connectivity index (χ1n) is 11.0. The van der Waals surface area contributed by atoms with E-state index in [1.54, 1.807) is 4.57 Å². The highest BCUT2D eigenvalue weighted by atomic mass is 16.1. The summed E-state index contributed by atoms with van der Waals surface area (Å²) in [6, 6.07) is 9.84. The largest absolute Gasteiger partial charge is 0.370 e. The molecule has 0 amide bonds. The van der Waals surface area contributed by atoms with Crippen LogP contribution in [0.4, 0.5) is 0 Å². The monoisotopic (exact) mass is 450 g/mol. The van der Waals surface area contributed by atoms with Gasteiger partial charge in [-0.3, -0.25) is 15.4 Å². The number of nitrogens with one attached hydrogen (secondary N) is 5. The maximum absolute atomic E-state index is 12.6. The fourth-order valence-electron chi connectivity index (χ4n) is 4.10. The van der Waals surface area contributed by atoms with E-state index in [0.29, 0.717) is 25.3 Å². The quantitative estimate of drug-likeness (QED) is 0.147. The topological polar surface area (TPSA) is 178 Å². The van der Waals surface area contributed by atoms with E-state index in [9.17, 15) is 4.79 Å². The number of hydrogen-bond acceptors (Lipinski definition) is 5. The van der Waals surface area contributed by atoms with E-state index in [-0.39, 0.29) is 23.5 Å². The molecule has 1 unspecified atom stereocenters. The Morgan fingerprint density at radius 2 is 2.00 bits per heavy atom. The van der Waals surface area contributed by atoms with Crippen LogP contribution in [0.2, 0.25) is 0 Å². The third kappa shape index (κ3) is 5.32. The van der Waals surface area contributed by atoms with Crippen LogP contribution < -0.4 is 27.8 Å². The number of aromatic nitrogens is 3. The molecule has 3 aromatic rings. The molecule has 0 saturated carbocycles. The summed E-state index contributed by atoms with van der Waals surface area (Å²) in [5, 5.41) is 21.7. The highest BCUT2D eigenvalue weighted by molar-refractivity contribution is 5.77. The fraction of sp³-hybridized carbons (Fsp3) is 0.364. The highest BCUT2D eigenvalue weighted by Gasteiger charge is 2.26. The van der Waals surface area contributed by atoms with Gasteiger partial charge in [0.15, 0.2) is 11.9 Å². The molecule has 33 heavy (non-hydrogen) atoms. The van der Waals surface area contributed by atoms with E-state index in [0.717, 1.165) is 48.3 Å². The van der Waals surface area contributed by atoms with Crippen LogP contribution in [0.15, 0.2) is 41.3 Å². The van der Waals surface area contributed by atoms with Gasteiger partial charge in [-0.15, -0.1) is 0 Å². The fourth-order valence-corrected chi connectivity index (χ4v) is 4.10. The molecule has 1 aliphatic heterocycles. The molecular weight excluding hydrogens is 420 g/mol. The molecule has 3 heterocycles. The minimum Gasteiger partial charge on any atom is -0.370 e. The smallest absolute Gasteiger partial charge is 0.354 e. The van der Waals surface area contributed by atoms with Crippen LogP contribution in [-0.2, 0) is 6.54 Å². The number of fused-ring (bicyclic) bond motifs is 1. The predicted molar refractivity (Wildman–Crippen MR) is 129 cm³/mol. The van der Waals surface area contributed by atoms with Gasteiger partial charge in [0.25, 0.3) is 0 Å². The van der Waals surface area contributed by atoms with Gasteiger partial charge < -0.3 is 32.0 Å². The van der Waals surface area contributed by atoms with Gasteiger partial charge in [-0.25, -0.2) is 4.79 Å². The molecule has 1 aliphatic rings. The van der Waals surface area contributed by atoms with Crippen molar-refractivity contribution in [3.8, 4) is 5.69 Å². The molecule has 1 atom stereocenters. The van der Waals surface area contributed by atoms with Gasteiger partial charge in [0, 0.05) is 49.4 Å². The molecular formula is C22H30N10O. The van der Waals surface area contributed by atoms with Gasteiger partial charge in [-0.2, -0.15) is 4.98 Å². The molecule has 1 saturated heterocycles. The van der Waals surface area contributed by atoms with E-state index in [1.807, 2.05) is 41.4 Å². The van der Waals surface area contributed by atoms with Crippen molar-refractivity contribution in [3.05, 3.63) is 58.3 Å². The Bertz CT molecular complexity index is 1200.